The van der Waals surface area contributed by atoms with Crippen molar-refractivity contribution >= 4 is 11.8 Å². The van der Waals surface area contributed by atoms with E-state index in [0.717, 1.165) is 13.1 Å². The van der Waals surface area contributed by atoms with Crippen molar-refractivity contribution in [3.05, 3.63) is 24.0 Å². The van der Waals surface area contributed by atoms with Crippen molar-refractivity contribution in [2.75, 3.05) is 37.7 Å². The van der Waals surface area contributed by atoms with Crippen molar-refractivity contribution in [1.29, 1.82) is 0 Å². The minimum absolute atomic E-state index is 0.978. The molecule has 1 fully saturated rings. The molecule has 0 spiro atoms. The first-order chi connectivity index (χ1) is 7.45. The van der Waals surface area contributed by atoms with Gasteiger partial charge >= 0.3 is 0 Å². The normalized spacial score (nSPS) is 18.1. The lowest BCUT2D eigenvalue weighted by Gasteiger charge is -2.26. The van der Waals surface area contributed by atoms with Crippen LogP contribution in [0.4, 0.5) is 0 Å². The summed E-state index contributed by atoms with van der Waals surface area (Å²) in [6.45, 7) is 5.78. The molecule has 0 bridgehead atoms. The summed E-state index contributed by atoms with van der Waals surface area (Å²) >= 11 is 2.07. The van der Waals surface area contributed by atoms with Gasteiger partial charge in [0, 0.05) is 56.6 Å². The Balaban J connectivity index is 1.54. The molecule has 3 nitrogen and oxygen atoms in total. The highest BCUT2D eigenvalue weighted by atomic mass is 32.2. The predicted octanol–water partition coefficient (Wildman–Crippen LogP) is 1.15. The zero-order valence-electron chi connectivity index (χ0n) is 9.04. The molecule has 0 unspecified atom stereocenters. The lowest BCUT2D eigenvalue weighted by atomic mass is 10.3. The molecule has 0 amide bonds. The molecule has 0 aliphatic carbocycles. The van der Waals surface area contributed by atoms with Crippen LogP contribution in [-0.4, -0.2) is 47.6 Å². The second-order valence-electron chi connectivity index (χ2n) is 3.85. The van der Waals surface area contributed by atoms with Gasteiger partial charge in [-0.1, -0.05) is 0 Å². The van der Waals surface area contributed by atoms with Crippen molar-refractivity contribution in [3.8, 4) is 0 Å². The van der Waals surface area contributed by atoms with Gasteiger partial charge in [0.25, 0.3) is 0 Å². The molecule has 4 heteroatoms. The molecule has 15 heavy (non-hydrogen) atoms. The van der Waals surface area contributed by atoms with E-state index in [4.69, 9.17) is 0 Å². The Hall–Kier alpha value is -0.450. The Morgan fingerprint density at radius 3 is 3.00 bits per heavy atom. The van der Waals surface area contributed by atoms with Gasteiger partial charge in [-0.25, -0.2) is 0 Å². The zero-order chi connectivity index (χ0) is 10.3. The average molecular weight is 225 g/mol. The van der Waals surface area contributed by atoms with Gasteiger partial charge in [0.1, 0.15) is 0 Å². The molecule has 84 valence electrons. The number of hydrogen-bond donors (Lipinski definition) is 2. The second kappa shape index (κ2) is 6.20. The van der Waals surface area contributed by atoms with Crippen LogP contribution in [0.5, 0.6) is 0 Å². The topological polar surface area (TPSA) is 31.1 Å². The number of H-pyrrole nitrogens is 1. The first-order valence-electron chi connectivity index (χ1n) is 5.57. The SMILES string of the molecule is c1cc(CNCCN2CCSCC2)c[nH]1. The number of aromatic amines is 1. The third kappa shape index (κ3) is 3.89. The highest BCUT2D eigenvalue weighted by Gasteiger charge is 2.08. The minimum atomic E-state index is 0.978. The predicted molar refractivity (Wildman–Crippen MR) is 66.3 cm³/mol. The van der Waals surface area contributed by atoms with Gasteiger partial charge in [0.2, 0.25) is 0 Å². The van der Waals surface area contributed by atoms with E-state index in [1.54, 1.807) is 0 Å². The van der Waals surface area contributed by atoms with Crippen LogP contribution in [0, 0.1) is 0 Å². The fourth-order valence-corrected chi connectivity index (χ4v) is 2.74. The van der Waals surface area contributed by atoms with Gasteiger partial charge in [-0.05, 0) is 11.6 Å². The van der Waals surface area contributed by atoms with E-state index in [2.05, 4.69) is 33.0 Å². The van der Waals surface area contributed by atoms with Crippen LogP contribution in [0.3, 0.4) is 0 Å². The molecule has 2 N–H and O–H groups in total. The minimum Gasteiger partial charge on any atom is -0.367 e. The molecular formula is C11H19N3S. The molecule has 0 atom stereocenters. The van der Waals surface area contributed by atoms with Gasteiger partial charge in [0.05, 0.1) is 0 Å². The summed E-state index contributed by atoms with van der Waals surface area (Å²) < 4.78 is 0. The molecule has 1 aromatic rings. The van der Waals surface area contributed by atoms with Crippen molar-refractivity contribution < 1.29 is 0 Å². The molecule has 0 aromatic carbocycles. The maximum atomic E-state index is 3.47. The summed E-state index contributed by atoms with van der Waals surface area (Å²) in [5, 5.41) is 3.47. The lowest BCUT2D eigenvalue weighted by Crippen LogP contribution is -2.37. The molecule has 1 saturated heterocycles. The standard InChI is InChI=1S/C11H19N3S/c1-2-12-9-11(1)10-13-3-4-14-5-7-15-8-6-14/h1-2,9,12-13H,3-8,10H2. The number of aromatic nitrogens is 1. The van der Waals surface area contributed by atoms with Crippen molar-refractivity contribution in [2.45, 2.75) is 6.54 Å². The molecule has 1 aliphatic rings. The van der Waals surface area contributed by atoms with E-state index in [1.807, 2.05) is 12.4 Å². The van der Waals surface area contributed by atoms with Gasteiger partial charge in [-0.2, -0.15) is 11.8 Å². The Morgan fingerprint density at radius 1 is 1.40 bits per heavy atom. The van der Waals surface area contributed by atoms with Crippen LogP contribution in [0.2, 0.25) is 0 Å². The van der Waals surface area contributed by atoms with Crippen LogP contribution in [-0.2, 0) is 6.54 Å². The third-order valence-corrected chi connectivity index (χ3v) is 3.64. The monoisotopic (exact) mass is 225 g/mol. The average Bonchev–Trinajstić information content (AvgIpc) is 2.79. The van der Waals surface area contributed by atoms with Crippen LogP contribution < -0.4 is 5.32 Å². The van der Waals surface area contributed by atoms with Crippen molar-refractivity contribution in [2.24, 2.45) is 0 Å². The highest BCUT2D eigenvalue weighted by Crippen LogP contribution is 2.07. The van der Waals surface area contributed by atoms with Crippen LogP contribution in [0.25, 0.3) is 0 Å². The Kier molecular flexibility index (Phi) is 4.57. The molecule has 2 heterocycles. The van der Waals surface area contributed by atoms with E-state index in [-0.39, 0.29) is 0 Å². The fourth-order valence-electron chi connectivity index (χ4n) is 1.76. The molecule has 1 aliphatic heterocycles. The largest absolute Gasteiger partial charge is 0.367 e. The fraction of sp³-hybridized carbons (Fsp3) is 0.636. The van der Waals surface area contributed by atoms with Gasteiger partial charge < -0.3 is 15.2 Å². The molecule has 0 radical (unpaired) electrons. The summed E-state index contributed by atoms with van der Waals surface area (Å²) in [5.41, 5.74) is 1.34. The molecule has 0 saturated carbocycles. The van der Waals surface area contributed by atoms with E-state index in [1.165, 1.54) is 36.7 Å². The highest BCUT2D eigenvalue weighted by molar-refractivity contribution is 7.99. The number of nitrogens with zero attached hydrogens (tertiary/aromatic N) is 1. The van der Waals surface area contributed by atoms with E-state index in [0.29, 0.717) is 0 Å². The van der Waals surface area contributed by atoms with Crippen LogP contribution >= 0.6 is 11.8 Å². The number of thioether (sulfide) groups is 1. The molecule has 1 aromatic heterocycles. The summed E-state index contributed by atoms with van der Waals surface area (Å²) in [6, 6.07) is 2.12. The third-order valence-electron chi connectivity index (χ3n) is 2.70. The van der Waals surface area contributed by atoms with E-state index in [9.17, 15) is 0 Å². The summed E-state index contributed by atoms with van der Waals surface area (Å²) in [4.78, 5) is 5.61. The van der Waals surface area contributed by atoms with E-state index >= 15 is 0 Å². The summed E-state index contributed by atoms with van der Waals surface area (Å²) in [7, 11) is 0. The molecule has 2 rings (SSSR count). The summed E-state index contributed by atoms with van der Waals surface area (Å²) in [5.74, 6) is 2.61. The quantitative estimate of drug-likeness (QED) is 0.737. The number of nitrogens with one attached hydrogen (secondary N) is 2. The van der Waals surface area contributed by atoms with Crippen molar-refractivity contribution in [1.82, 2.24) is 15.2 Å². The first-order valence-corrected chi connectivity index (χ1v) is 6.73. The van der Waals surface area contributed by atoms with Gasteiger partial charge in [-0.15, -0.1) is 0 Å². The first kappa shape index (κ1) is 11.0. The number of hydrogen-bond acceptors (Lipinski definition) is 3. The van der Waals surface area contributed by atoms with Crippen LogP contribution in [0.1, 0.15) is 5.56 Å². The van der Waals surface area contributed by atoms with Gasteiger partial charge in [-0.3, -0.25) is 0 Å². The van der Waals surface area contributed by atoms with E-state index < -0.39 is 0 Å². The molecular weight excluding hydrogens is 206 g/mol. The van der Waals surface area contributed by atoms with Crippen LogP contribution in [0.15, 0.2) is 18.5 Å². The smallest absolute Gasteiger partial charge is 0.0220 e. The zero-order valence-corrected chi connectivity index (χ0v) is 9.85. The maximum absolute atomic E-state index is 3.47. The summed E-state index contributed by atoms with van der Waals surface area (Å²) in [6.07, 6.45) is 4.02. The van der Waals surface area contributed by atoms with Crippen molar-refractivity contribution in [3.63, 3.8) is 0 Å². The number of rotatable bonds is 5. The Bertz CT molecular complexity index is 255. The second-order valence-corrected chi connectivity index (χ2v) is 5.07. The Labute approximate surface area is 95.6 Å². The Morgan fingerprint density at radius 2 is 2.27 bits per heavy atom. The maximum Gasteiger partial charge on any atom is 0.0220 e. The van der Waals surface area contributed by atoms with Gasteiger partial charge in [0.15, 0.2) is 0 Å². The lowest BCUT2D eigenvalue weighted by molar-refractivity contribution is 0.301.